The van der Waals surface area contributed by atoms with Crippen molar-refractivity contribution < 1.29 is 0 Å². The van der Waals surface area contributed by atoms with E-state index < -0.39 is 0 Å². The first-order chi connectivity index (χ1) is 7.16. The van der Waals surface area contributed by atoms with Crippen molar-refractivity contribution in [3.63, 3.8) is 0 Å². The fourth-order valence-corrected chi connectivity index (χ4v) is 2.93. The van der Waals surface area contributed by atoms with Gasteiger partial charge in [0.15, 0.2) is 5.13 Å². The van der Waals surface area contributed by atoms with Crippen LogP contribution in [0.4, 0.5) is 5.13 Å². The third kappa shape index (κ3) is 2.62. The molecule has 0 saturated carbocycles. The largest absolute Gasteiger partial charge is 0.348 e. The SMILES string of the molecule is CN1CCC(N(C)c2nc(Cl)cs2)CC1. The molecule has 5 heteroatoms. The molecule has 0 bridgehead atoms. The van der Waals surface area contributed by atoms with E-state index in [2.05, 4.69) is 28.9 Å². The summed E-state index contributed by atoms with van der Waals surface area (Å²) in [5.74, 6) is 0. The zero-order chi connectivity index (χ0) is 10.8. The van der Waals surface area contributed by atoms with E-state index in [1.807, 2.05) is 5.38 Å². The molecule has 1 fully saturated rings. The lowest BCUT2D eigenvalue weighted by Gasteiger charge is -2.34. The smallest absolute Gasteiger partial charge is 0.186 e. The topological polar surface area (TPSA) is 19.4 Å². The number of thiazole rings is 1. The summed E-state index contributed by atoms with van der Waals surface area (Å²) in [6.07, 6.45) is 2.42. The second-order valence-corrected chi connectivity index (χ2v) is 5.32. The van der Waals surface area contributed by atoms with Crippen molar-refractivity contribution in [1.82, 2.24) is 9.88 Å². The van der Waals surface area contributed by atoms with Crippen molar-refractivity contribution in [2.45, 2.75) is 18.9 Å². The maximum absolute atomic E-state index is 5.83. The van der Waals surface area contributed by atoms with Crippen molar-refractivity contribution in [1.29, 1.82) is 0 Å². The van der Waals surface area contributed by atoms with Crippen LogP contribution in [0.2, 0.25) is 5.15 Å². The normalized spacial score (nSPS) is 19.4. The lowest BCUT2D eigenvalue weighted by Crippen LogP contribution is -2.41. The minimum atomic E-state index is 0.606. The van der Waals surface area contributed by atoms with Crippen LogP contribution in [-0.4, -0.2) is 43.1 Å². The molecule has 2 rings (SSSR count). The van der Waals surface area contributed by atoms with Gasteiger partial charge in [-0.05, 0) is 33.0 Å². The molecular weight excluding hydrogens is 230 g/mol. The average Bonchev–Trinajstić information content (AvgIpc) is 2.65. The van der Waals surface area contributed by atoms with Crippen molar-refractivity contribution >= 4 is 28.1 Å². The molecule has 1 aromatic rings. The Hall–Kier alpha value is -0.320. The van der Waals surface area contributed by atoms with Gasteiger partial charge >= 0.3 is 0 Å². The summed E-state index contributed by atoms with van der Waals surface area (Å²) in [6, 6.07) is 0.614. The van der Waals surface area contributed by atoms with Gasteiger partial charge < -0.3 is 9.80 Å². The standard InChI is InChI=1S/C10H16ClN3S/c1-13-5-3-8(4-6-13)14(2)10-12-9(11)7-15-10/h7-8H,3-6H2,1-2H3. The lowest BCUT2D eigenvalue weighted by atomic mass is 10.0. The number of halogens is 1. The van der Waals surface area contributed by atoms with Gasteiger partial charge in [0.2, 0.25) is 0 Å². The van der Waals surface area contributed by atoms with E-state index in [4.69, 9.17) is 11.6 Å². The van der Waals surface area contributed by atoms with Gasteiger partial charge in [0.25, 0.3) is 0 Å². The third-order valence-electron chi connectivity index (χ3n) is 3.00. The van der Waals surface area contributed by atoms with Crippen LogP contribution < -0.4 is 4.90 Å². The Morgan fingerprint density at radius 3 is 2.73 bits per heavy atom. The van der Waals surface area contributed by atoms with Crippen molar-refractivity contribution in [2.24, 2.45) is 0 Å². The Kier molecular flexibility index (Phi) is 3.49. The van der Waals surface area contributed by atoms with Gasteiger partial charge in [0.05, 0.1) is 0 Å². The number of likely N-dealkylation sites (tertiary alicyclic amines) is 1. The van der Waals surface area contributed by atoms with Gasteiger partial charge in [0.1, 0.15) is 5.15 Å². The molecule has 0 atom stereocenters. The van der Waals surface area contributed by atoms with Crippen LogP contribution >= 0.6 is 22.9 Å². The molecule has 2 heterocycles. The monoisotopic (exact) mass is 245 g/mol. The highest BCUT2D eigenvalue weighted by Crippen LogP contribution is 2.26. The second kappa shape index (κ2) is 4.68. The zero-order valence-electron chi connectivity index (χ0n) is 9.11. The molecule has 0 unspecified atom stereocenters. The molecular formula is C10H16ClN3S. The molecule has 0 spiro atoms. The summed E-state index contributed by atoms with van der Waals surface area (Å²) in [5, 5.41) is 3.53. The molecule has 0 aliphatic carbocycles. The van der Waals surface area contributed by atoms with E-state index in [1.165, 1.54) is 25.9 Å². The van der Waals surface area contributed by atoms with E-state index >= 15 is 0 Å². The van der Waals surface area contributed by atoms with Gasteiger partial charge in [-0.15, -0.1) is 11.3 Å². The minimum Gasteiger partial charge on any atom is -0.348 e. The fraction of sp³-hybridized carbons (Fsp3) is 0.700. The number of piperidine rings is 1. The number of hydrogen-bond donors (Lipinski definition) is 0. The second-order valence-electron chi connectivity index (χ2n) is 4.10. The first kappa shape index (κ1) is 11.2. The Labute approximate surface area is 99.7 Å². The van der Waals surface area contributed by atoms with Crippen LogP contribution in [0.1, 0.15) is 12.8 Å². The highest BCUT2D eigenvalue weighted by molar-refractivity contribution is 7.14. The fourth-order valence-electron chi connectivity index (χ4n) is 1.95. The first-order valence-corrected chi connectivity index (χ1v) is 6.45. The highest BCUT2D eigenvalue weighted by atomic mass is 35.5. The molecule has 1 saturated heterocycles. The van der Waals surface area contributed by atoms with Gasteiger partial charge in [-0.25, -0.2) is 4.98 Å². The number of hydrogen-bond acceptors (Lipinski definition) is 4. The highest BCUT2D eigenvalue weighted by Gasteiger charge is 2.22. The first-order valence-electron chi connectivity index (χ1n) is 5.19. The van der Waals surface area contributed by atoms with E-state index in [9.17, 15) is 0 Å². The Bertz CT molecular complexity index is 320. The van der Waals surface area contributed by atoms with Gasteiger partial charge in [-0.3, -0.25) is 0 Å². The van der Waals surface area contributed by atoms with Gasteiger partial charge in [0, 0.05) is 18.5 Å². The Balaban J connectivity index is 1.99. The quantitative estimate of drug-likeness (QED) is 0.797. The van der Waals surface area contributed by atoms with Crippen molar-refractivity contribution in [3.8, 4) is 0 Å². The van der Waals surface area contributed by atoms with Crippen LogP contribution in [0.5, 0.6) is 0 Å². The van der Waals surface area contributed by atoms with Gasteiger partial charge in [-0.2, -0.15) is 0 Å². The molecule has 84 valence electrons. The van der Waals surface area contributed by atoms with Crippen LogP contribution in [0.25, 0.3) is 0 Å². The summed E-state index contributed by atoms with van der Waals surface area (Å²) < 4.78 is 0. The zero-order valence-corrected chi connectivity index (χ0v) is 10.7. The van der Waals surface area contributed by atoms with Crippen molar-refractivity contribution in [3.05, 3.63) is 10.5 Å². The molecule has 0 aromatic carbocycles. The molecule has 0 amide bonds. The van der Waals surface area contributed by atoms with Crippen molar-refractivity contribution in [2.75, 3.05) is 32.1 Å². The number of aromatic nitrogens is 1. The Morgan fingerprint density at radius 2 is 2.20 bits per heavy atom. The van der Waals surface area contributed by atoms with E-state index in [-0.39, 0.29) is 0 Å². The van der Waals surface area contributed by atoms with Crippen LogP contribution in [0.15, 0.2) is 5.38 Å². The summed E-state index contributed by atoms with van der Waals surface area (Å²) in [6.45, 7) is 2.35. The minimum absolute atomic E-state index is 0.606. The lowest BCUT2D eigenvalue weighted by molar-refractivity contribution is 0.253. The van der Waals surface area contributed by atoms with E-state index in [0.717, 1.165) is 5.13 Å². The molecule has 15 heavy (non-hydrogen) atoms. The van der Waals surface area contributed by atoms with Crippen LogP contribution in [-0.2, 0) is 0 Å². The number of rotatable bonds is 2. The maximum atomic E-state index is 5.83. The summed E-state index contributed by atoms with van der Waals surface area (Å²) in [7, 11) is 4.29. The number of anilines is 1. The summed E-state index contributed by atoms with van der Waals surface area (Å²) >= 11 is 7.45. The number of nitrogens with zero attached hydrogens (tertiary/aromatic N) is 3. The molecule has 0 N–H and O–H groups in total. The van der Waals surface area contributed by atoms with Crippen LogP contribution in [0, 0.1) is 0 Å². The Morgan fingerprint density at radius 1 is 1.53 bits per heavy atom. The summed E-state index contributed by atoms with van der Waals surface area (Å²) in [4.78, 5) is 8.94. The molecule has 1 aromatic heterocycles. The summed E-state index contributed by atoms with van der Waals surface area (Å²) in [5.41, 5.74) is 0. The average molecular weight is 246 g/mol. The van der Waals surface area contributed by atoms with Gasteiger partial charge in [-0.1, -0.05) is 11.6 Å². The molecule has 1 aliphatic rings. The maximum Gasteiger partial charge on any atom is 0.186 e. The predicted molar refractivity (Wildman–Crippen MR) is 66.0 cm³/mol. The van der Waals surface area contributed by atoms with E-state index in [0.29, 0.717) is 11.2 Å². The molecule has 1 aliphatic heterocycles. The predicted octanol–water partition coefficient (Wildman–Crippen LogP) is 2.33. The third-order valence-corrected chi connectivity index (χ3v) is 4.26. The van der Waals surface area contributed by atoms with E-state index in [1.54, 1.807) is 11.3 Å². The van der Waals surface area contributed by atoms with Crippen LogP contribution in [0.3, 0.4) is 0 Å². The molecule has 0 radical (unpaired) electrons. The molecule has 3 nitrogen and oxygen atoms in total.